The van der Waals surface area contributed by atoms with E-state index in [9.17, 15) is 15.0 Å². The lowest BCUT2D eigenvalue weighted by Crippen LogP contribution is -2.47. The van der Waals surface area contributed by atoms with Gasteiger partial charge in [0.05, 0.1) is 6.42 Å². The third kappa shape index (κ3) is 10.6. The van der Waals surface area contributed by atoms with Crippen LogP contribution in [0.5, 0.6) is 23.0 Å². The van der Waals surface area contributed by atoms with Gasteiger partial charge in [0, 0.05) is 46.4 Å². The summed E-state index contributed by atoms with van der Waals surface area (Å²) in [7, 11) is 0. The lowest BCUT2D eigenvalue weighted by molar-refractivity contribution is -0.169. The fraction of sp³-hybridized carbons (Fsp3) is 0.462. The van der Waals surface area contributed by atoms with Gasteiger partial charge in [0.15, 0.2) is 0 Å². The molecule has 0 radical (unpaired) electrons. The zero-order valence-corrected chi connectivity index (χ0v) is 45.2. The number of carbonyl (C=O) groups excluding carboxylic acids is 3. The number of carbonyl (C=O) groups is 3. The van der Waals surface area contributed by atoms with Gasteiger partial charge in [-0.2, -0.15) is 0 Å². The lowest BCUT2D eigenvalue weighted by atomic mass is 9.72. The van der Waals surface area contributed by atoms with Crippen molar-refractivity contribution in [2.45, 2.75) is 181 Å². The molecule has 2 aliphatic heterocycles. The van der Waals surface area contributed by atoms with E-state index in [1.165, 1.54) is 18.1 Å². The number of allylic oxidation sites excluding steroid dienone is 6. The summed E-state index contributed by atoms with van der Waals surface area (Å²) in [5.41, 5.74) is 8.97. The standard InChI is InChI=1S/C65H78O9/c1-11-14-18-22-45-36-54(67)57(51-33-41(8)28-30-48(51)39(4)5)60-56(45)62(69)74-65(72-60,46-24-19-17-20-25-46)47-26-21-23-44(35-47)50(27-15-12-2)53-37-55(68)58(52-34-42(9)29-31-49(52)40(6)7)61-59(53)63(70)73-64(71-61,32-16-13-3)38-43(10)66/h17,19-21,23-26,33-37,48-52,67-68H,4,6,11-16,18,22,27-32,38H2,1-3,5,7-10H3. The largest absolute Gasteiger partial charge is 0.507 e. The summed E-state index contributed by atoms with van der Waals surface area (Å²) in [6, 6.07) is 20.7. The molecular weight excluding hydrogens is 925 g/mol. The van der Waals surface area contributed by atoms with Crippen LogP contribution in [-0.4, -0.2) is 33.7 Å². The summed E-state index contributed by atoms with van der Waals surface area (Å²) >= 11 is 0. The van der Waals surface area contributed by atoms with Gasteiger partial charge in [-0.25, -0.2) is 9.59 Å². The minimum Gasteiger partial charge on any atom is -0.507 e. The van der Waals surface area contributed by atoms with E-state index in [0.29, 0.717) is 70.4 Å². The summed E-state index contributed by atoms with van der Waals surface area (Å²) in [5.74, 6) is -5.33. The normalized spacial score (nSPS) is 23.7. The average Bonchev–Trinajstić information content (AvgIpc) is 3.35. The quantitative estimate of drug-likeness (QED) is 0.0505. The molecule has 7 unspecified atom stereocenters. The minimum atomic E-state index is -1.83. The van der Waals surface area contributed by atoms with Gasteiger partial charge in [-0.15, -0.1) is 0 Å². The summed E-state index contributed by atoms with van der Waals surface area (Å²) in [6.07, 6.45) is 14.9. The number of benzene rings is 4. The zero-order chi connectivity index (χ0) is 53.1. The lowest BCUT2D eigenvalue weighted by Gasteiger charge is -2.42. The number of aryl methyl sites for hydroxylation is 1. The van der Waals surface area contributed by atoms with Crippen LogP contribution in [0.4, 0.5) is 0 Å². The van der Waals surface area contributed by atoms with Crippen molar-refractivity contribution in [2.24, 2.45) is 11.8 Å². The van der Waals surface area contributed by atoms with Crippen molar-refractivity contribution in [3.05, 3.63) is 164 Å². The Morgan fingerprint density at radius 2 is 1.26 bits per heavy atom. The third-order valence-electron chi connectivity index (χ3n) is 16.1. The number of hydrogen-bond donors (Lipinski definition) is 2. The van der Waals surface area contributed by atoms with Gasteiger partial charge in [-0.05, 0) is 133 Å². The van der Waals surface area contributed by atoms with Crippen molar-refractivity contribution in [3.8, 4) is 23.0 Å². The van der Waals surface area contributed by atoms with E-state index >= 15 is 9.59 Å². The number of rotatable bonds is 20. The highest BCUT2D eigenvalue weighted by Gasteiger charge is 2.51. The molecule has 4 aromatic carbocycles. The van der Waals surface area contributed by atoms with Gasteiger partial charge in [0.1, 0.15) is 39.9 Å². The highest BCUT2D eigenvalue weighted by atomic mass is 16.7. The Morgan fingerprint density at radius 1 is 0.676 bits per heavy atom. The predicted molar refractivity (Wildman–Crippen MR) is 292 cm³/mol. The summed E-state index contributed by atoms with van der Waals surface area (Å²) in [5, 5.41) is 24.9. The van der Waals surface area contributed by atoms with Gasteiger partial charge in [-0.1, -0.05) is 149 Å². The van der Waals surface area contributed by atoms with E-state index in [1.54, 1.807) is 12.1 Å². The smallest absolute Gasteiger partial charge is 0.346 e. The molecule has 0 fully saturated rings. The second-order valence-corrected chi connectivity index (χ2v) is 22.0. The molecule has 0 saturated heterocycles. The van der Waals surface area contributed by atoms with Crippen molar-refractivity contribution >= 4 is 17.7 Å². The maximum atomic E-state index is 15.2. The molecule has 0 spiro atoms. The van der Waals surface area contributed by atoms with E-state index in [-0.39, 0.29) is 58.7 Å². The number of ketones is 1. The molecule has 2 heterocycles. The number of aromatic hydroxyl groups is 2. The van der Waals surface area contributed by atoms with Gasteiger partial charge in [0.2, 0.25) is 0 Å². The van der Waals surface area contributed by atoms with Crippen molar-refractivity contribution in [1.29, 1.82) is 0 Å². The minimum absolute atomic E-state index is 0.00966. The van der Waals surface area contributed by atoms with Crippen LogP contribution in [0.1, 0.15) is 223 Å². The Labute approximate surface area is 439 Å². The van der Waals surface area contributed by atoms with Crippen LogP contribution in [0, 0.1) is 11.8 Å². The topological polar surface area (TPSA) is 129 Å². The number of phenols is 2. The Kier molecular flexibility index (Phi) is 16.5. The first-order valence-corrected chi connectivity index (χ1v) is 27.4. The van der Waals surface area contributed by atoms with Crippen LogP contribution in [-0.2, 0) is 26.5 Å². The van der Waals surface area contributed by atoms with Crippen LogP contribution in [0.3, 0.4) is 0 Å². The number of Topliss-reactive ketones (excluding diaryl/α,β-unsaturated/α-hetero) is 1. The maximum Gasteiger partial charge on any atom is 0.346 e. The van der Waals surface area contributed by atoms with E-state index in [4.69, 9.17) is 18.9 Å². The molecule has 2 N–H and O–H groups in total. The Balaban J connectivity index is 1.36. The summed E-state index contributed by atoms with van der Waals surface area (Å²) in [4.78, 5) is 43.4. The van der Waals surface area contributed by atoms with Crippen LogP contribution in [0.25, 0.3) is 0 Å². The number of fused-ring (bicyclic) bond motifs is 2. The van der Waals surface area contributed by atoms with Crippen molar-refractivity contribution in [2.75, 3.05) is 0 Å². The predicted octanol–water partition coefficient (Wildman–Crippen LogP) is 16.0. The fourth-order valence-corrected chi connectivity index (χ4v) is 12.3. The zero-order valence-electron chi connectivity index (χ0n) is 45.2. The molecule has 8 rings (SSSR count). The Hall–Kier alpha value is -6.35. The summed E-state index contributed by atoms with van der Waals surface area (Å²) in [6.45, 7) is 24.7. The van der Waals surface area contributed by atoms with E-state index in [0.717, 1.165) is 80.9 Å². The highest BCUT2D eigenvalue weighted by Crippen LogP contribution is 2.56. The Bertz CT molecular complexity index is 2870. The van der Waals surface area contributed by atoms with Gasteiger partial charge in [0.25, 0.3) is 5.79 Å². The molecule has 9 nitrogen and oxygen atoms in total. The molecule has 0 amide bonds. The molecule has 0 saturated carbocycles. The molecule has 74 heavy (non-hydrogen) atoms. The molecule has 9 heteroatoms. The van der Waals surface area contributed by atoms with Crippen LogP contribution in [0.15, 0.2) is 114 Å². The molecule has 2 aliphatic carbocycles. The first-order valence-electron chi connectivity index (χ1n) is 27.4. The number of hydrogen-bond acceptors (Lipinski definition) is 9. The van der Waals surface area contributed by atoms with Crippen molar-refractivity contribution < 1.29 is 43.5 Å². The first kappa shape index (κ1) is 53.9. The van der Waals surface area contributed by atoms with E-state index in [2.05, 4.69) is 53.0 Å². The van der Waals surface area contributed by atoms with Gasteiger partial charge < -0.3 is 29.2 Å². The third-order valence-corrected chi connectivity index (χ3v) is 16.1. The molecular formula is C65H78O9. The molecule has 392 valence electrons. The second kappa shape index (κ2) is 22.6. The molecule has 0 aromatic heterocycles. The first-order chi connectivity index (χ1) is 35.5. The van der Waals surface area contributed by atoms with Crippen LogP contribution < -0.4 is 9.47 Å². The molecule has 7 atom stereocenters. The van der Waals surface area contributed by atoms with Crippen LogP contribution >= 0.6 is 0 Å². The molecule has 0 bridgehead atoms. The van der Waals surface area contributed by atoms with E-state index < -0.39 is 29.4 Å². The summed E-state index contributed by atoms with van der Waals surface area (Å²) < 4.78 is 27.7. The van der Waals surface area contributed by atoms with E-state index in [1.807, 2.05) is 75.4 Å². The number of unbranched alkanes of at least 4 members (excludes halogenated alkanes) is 4. The monoisotopic (exact) mass is 1000 g/mol. The maximum absolute atomic E-state index is 15.2. The van der Waals surface area contributed by atoms with Gasteiger partial charge in [-0.3, -0.25) is 4.79 Å². The van der Waals surface area contributed by atoms with Crippen molar-refractivity contribution in [3.63, 3.8) is 0 Å². The molecule has 4 aromatic rings. The van der Waals surface area contributed by atoms with Crippen molar-refractivity contribution in [1.82, 2.24) is 0 Å². The average molecular weight is 1000 g/mol. The number of phenolic OH excluding ortho intramolecular Hbond substituents is 2. The van der Waals surface area contributed by atoms with Crippen LogP contribution in [0.2, 0.25) is 0 Å². The SMILES string of the molecule is C=C(C)C1CCC(C)=CC1c1c(O)cc(CCCCC)c2c1OC(c1ccccc1)(c1cccc(C(CCCC)c3cc(O)c(C4C=C(C)CCC4C(=C)C)c4c3C(=O)OC(CCCC)(CC(C)=O)O4)c1)OC2=O. The number of esters is 2. The Morgan fingerprint density at radius 3 is 1.85 bits per heavy atom. The molecule has 4 aliphatic rings. The number of cyclic esters (lactones) is 2. The van der Waals surface area contributed by atoms with Gasteiger partial charge >= 0.3 is 17.7 Å². The number of ether oxygens (including phenoxy) is 4. The highest BCUT2D eigenvalue weighted by molar-refractivity contribution is 5.98. The fourth-order valence-electron chi connectivity index (χ4n) is 12.3. The second-order valence-electron chi connectivity index (χ2n) is 22.0.